The summed E-state index contributed by atoms with van der Waals surface area (Å²) in [6, 6.07) is 27.1. The van der Waals surface area contributed by atoms with Crippen LogP contribution in [0.3, 0.4) is 0 Å². The summed E-state index contributed by atoms with van der Waals surface area (Å²) in [4.78, 5) is 14.7. The number of fused-ring (bicyclic) bond motifs is 1. The number of aromatic nitrogens is 4. The molecule has 0 aliphatic carbocycles. The number of benzene rings is 3. The van der Waals surface area contributed by atoms with E-state index in [0.717, 1.165) is 60.4 Å². The lowest BCUT2D eigenvalue weighted by Gasteiger charge is -2.36. The Bertz CT molecular complexity index is 1490. The second-order valence-corrected chi connectivity index (χ2v) is 9.24. The average molecular weight is 476 g/mol. The summed E-state index contributed by atoms with van der Waals surface area (Å²) in [5.74, 6) is 1.49. The highest BCUT2D eigenvalue weighted by molar-refractivity contribution is 5.90. The van der Waals surface area contributed by atoms with Gasteiger partial charge in [0, 0.05) is 37.6 Å². The van der Waals surface area contributed by atoms with Crippen molar-refractivity contribution in [3.8, 4) is 5.69 Å². The van der Waals surface area contributed by atoms with Gasteiger partial charge in [-0.2, -0.15) is 15.1 Å². The zero-order valence-corrected chi connectivity index (χ0v) is 20.6. The molecule has 3 heterocycles. The molecule has 1 fully saturated rings. The minimum Gasteiger partial charge on any atom is -0.368 e. The lowest BCUT2D eigenvalue weighted by molar-refractivity contribution is 0.641. The van der Waals surface area contributed by atoms with Gasteiger partial charge in [0.2, 0.25) is 5.95 Å². The summed E-state index contributed by atoms with van der Waals surface area (Å²) in [5, 5.41) is 9.13. The van der Waals surface area contributed by atoms with Gasteiger partial charge in [-0.05, 0) is 61.4 Å². The topological polar surface area (TPSA) is 62.1 Å². The van der Waals surface area contributed by atoms with Gasteiger partial charge in [0.15, 0.2) is 5.65 Å². The van der Waals surface area contributed by atoms with Crippen molar-refractivity contribution in [2.24, 2.45) is 0 Å². The second-order valence-electron chi connectivity index (χ2n) is 9.24. The van der Waals surface area contributed by atoms with Crippen molar-refractivity contribution in [2.75, 3.05) is 41.3 Å². The molecule has 0 atom stereocenters. The van der Waals surface area contributed by atoms with Crippen LogP contribution in [0.15, 0.2) is 85.1 Å². The van der Waals surface area contributed by atoms with E-state index in [1.807, 2.05) is 41.2 Å². The average Bonchev–Trinajstić information content (AvgIpc) is 3.36. The molecule has 6 rings (SSSR count). The summed E-state index contributed by atoms with van der Waals surface area (Å²) in [6.07, 6.45) is 1.85. The van der Waals surface area contributed by atoms with Crippen molar-refractivity contribution in [1.29, 1.82) is 0 Å². The molecule has 1 aliphatic rings. The lowest BCUT2D eigenvalue weighted by Crippen LogP contribution is -2.47. The van der Waals surface area contributed by atoms with Gasteiger partial charge in [0.05, 0.1) is 17.3 Å². The van der Waals surface area contributed by atoms with Gasteiger partial charge >= 0.3 is 0 Å². The Morgan fingerprint density at radius 3 is 2.06 bits per heavy atom. The predicted octanol–water partition coefficient (Wildman–Crippen LogP) is 5.50. The minimum absolute atomic E-state index is 0.722. The quantitative estimate of drug-likeness (QED) is 0.362. The molecule has 0 unspecified atom stereocenters. The van der Waals surface area contributed by atoms with Gasteiger partial charge < -0.3 is 15.1 Å². The highest BCUT2D eigenvalue weighted by Gasteiger charge is 2.22. The Balaban J connectivity index is 1.37. The summed E-state index contributed by atoms with van der Waals surface area (Å²) >= 11 is 0. The van der Waals surface area contributed by atoms with Crippen LogP contribution in [0.5, 0.6) is 0 Å². The van der Waals surface area contributed by atoms with E-state index in [1.165, 1.54) is 16.8 Å². The van der Waals surface area contributed by atoms with Crippen LogP contribution >= 0.6 is 0 Å². The first-order chi connectivity index (χ1) is 17.7. The molecule has 1 saturated heterocycles. The predicted molar refractivity (Wildman–Crippen MR) is 147 cm³/mol. The number of anilines is 4. The SMILES string of the molecule is Cc1ccc(Nc2nc(N3CCN(c4ccccc4)CC3)nc3c2cnn3-c2ccccc2)cc1C. The van der Waals surface area contributed by atoms with E-state index in [2.05, 4.69) is 82.6 Å². The van der Waals surface area contributed by atoms with E-state index in [-0.39, 0.29) is 0 Å². The van der Waals surface area contributed by atoms with Crippen LogP contribution in [0.2, 0.25) is 0 Å². The first kappa shape index (κ1) is 22.1. The van der Waals surface area contributed by atoms with Crippen molar-refractivity contribution in [3.63, 3.8) is 0 Å². The number of rotatable bonds is 5. The molecular weight excluding hydrogens is 446 g/mol. The van der Waals surface area contributed by atoms with Crippen molar-refractivity contribution in [2.45, 2.75) is 13.8 Å². The molecule has 5 aromatic rings. The number of hydrogen-bond donors (Lipinski definition) is 1. The molecule has 7 heteroatoms. The maximum atomic E-state index is 5.02. The van der Waals surface area contributed by atoms with Gasteiger partial charge in [-0.1, -0.05) is 42.5 Å². The molecule has 2 aromatic heterocycles. The van der Waals surface area contributed by atoms with Gasteiger partial charge in [-0.3, -0.25) is 0 Å². The zero-order valence-electron chi connectivity index (χ0n) is 20.6. The molecule has 3 aromatic carbocycles. The Hall–Kier alpha value is -4.39. The van der Waals surface area contributed by atoms with Gasteiger partial charge in [0.25, 0.3) is 0 Å². The molecule has 0 bridgehead atoms. The van der Waals surface area contributed by atoms with Crippen LogP contribution in [-0.4, -0.2) is 45.9 Å². The van der Waals surface area contributed by atoms with Crippen LogP contribution in [0.4, 0.5) is 23.1 Å². The summed E-state index contributed by atoms with van der Waals surface area (Å²) in [7, 11) is 0. The zero-order chi connectivity index (χ0) is 24.5. The van der Waals surface area contributed by atoms with E-state index >= 15 is 0 Å². The molecule has 1 N–H and O–H groups in total. The fourth-order valence-electron chi connectivity index (χ4n) is 4.65. The number of hydrogen-bond acceptors (Lipinski definition) is 6. The third kappa shape index (κ3) is 4.24. The number of piperazine rings is 1. The summed E-state index contributed by atoms with van der Waals surface area (Å²) < 4.78 is 1.90. The highest BCUT2D eigenvalue weighted by Crippen LogP contribution is 2.29. The van der Waals surface area contributed by atoms with Crippen molar-refractivity contribution >= 4 is 34.2 Å². The third-order valence-corrected chi connectivity index (χ3v) is 6.87. The van der Waals surface area contributed by atoms with Gasteiger partial charge in [-0.15, -0.1) is 0 Å². The molecule has 0 radical (unpaired) electrons. The van der Waals surface area contributed by atoms with Crippen LogP contribution in [0.1, 0.15) is 11.1 Å². The molecular formula is C29H29N7. The fourth-order valence-corrected chi connectivity index (χ4v) is 4.65. The molecule has 0 amide bonds. The van der Waals surface area contributed by atoms with Crippen LogP contribution in [0, 0.1) is 13.8 Å². The van der Waals surface area contributed by atoms with Crippen molar-refractivity contribution < 1.29 is 0 Å². The number of nitrogens with one attached hydrogen (secondary N) is 1. The van der Waals surface area contributed by atoms with E-state index in [9.17, 15) is 0 Å². The fraction of sp³-hybridized carbons (Fsp3) is 0.207. The molecule has 180 valence electrons. The summed E-state index contributed by atoms with van der Waals surface area (Å²) in [6.45, 7) is 7.79. The Morgan fingerprint density at radius 2 is 1.36 bits per heavy atom. The monoisotopic (exact) mass is 475 g/mol. The van der Waals surface area contributed by atoms with Crippen LogP contribution in [-0.2, 0) is 0 Å². The second kappa shape index (κ2) is 9.34. The molecule has 0 spiro atoms. The largest absolute Gasteiger partial charge is 0.368 e. The minimum atomic E-state index is 0.722. The molecule has 0 saturated carbocycles. The lowest BCUT2D eigenvalue weighted by atomic mass is 10.1. The number of nitrogens with zero attached hydrogens (tertiary/aromatic N) is 6. The number of aryl methyl sites for hydroxylation is 2. The molecule has 36 heavy (non-hydrogen) atoms. The van der Waals surface area contributed by atoms with E-state index in [1.54, 1.807) is 0 Å². The third-order valence-electron chi connectivity index (χ3n) is 6.87. The Labute approximate surface area is 211 Å². The van der Waals surface area contributed by atoms with Gasteiger partial charge in [-0.25, -0.2) is 4.68 Å². The van der Waals surface area contributed by atoms with Gasteiger partial charge in [0.1, 0.15) is 5.82 Å². The smallest absolute Gasteiger partial charge is 0.229 e. The van der Waals surface area contributed by atoms with E-state index < -0.39 is 0 Å². The first-order valence-corrected chi connectivity index (χ1v) is 12.4. The first-order valence-electron chi connectivity index (χ1n) is 12.4. The summed E-state index contributed by atoms with van der Waals surface area (Å²) in [5.41, 5.74) is 6.54. The maximum absolute atomic E-state index is 5.02. The molecule has 1 aliphatic heterocycles. The number of para-hydroxylation sites is 2. The molecule has 7 nitrogen and oxygen atoms in total. The van der Waals surface area contributed by atoms with E-state index in [4.69, 9.17) is 9.97 Å². The Kier molecular flexibility index (Phi) is 5.73. The Morgan fingerprint density at radius 1 is 0.694 bits per heavy atom. The highest BCUT2D eigenvalue weighted by atomic mass is 15.4. The van der Waals surface area contributed by atoms with Crippen molar-refractivity contribution in [1.82, 2.24) is 19.7 Å². The van der Waals surface area contributed by atoms with Crippen LogP contribution in [0.25, 0.3) is 16.7 Å². The standard InChI is InChI=1S/C29H29N7/c1-21-13-14-23(19-22(21)2)31-27-26-20-30-36(25-11-7-4-8-12-25)28(26)33-29(32-27)35-17-15-34(16-18-35)24-9-5-3-6-10-24/h3-14,19-20H,15-18H2,1-2H3,(H,31,32,33). The maximum Gasteiger partial charge on any atom is 0.229 e. The van der Waals surface area contributed by atoms with Crippen LogP contribution < -0.4 is 15.1 Å². The normalized spacial score (nSPS) is 13.8. The van der Waals surface area contributed by atoms with Crippen molar-refractivity contribution in [3.05, 3.63) is 96.2 Å². The van der Waals surface area contributed by atoms with E-state index in [0.29, 0.717) is 0 Å².